The maximum absolute atomic E-state index is 8.33. The predicted molar refractivity (Wildman–Crippen MR) is 10.8 cm³/mol. The van der Waals surface area contributed by atoms with Gasteiger partial charge in [0.1, 0.15) is 0 Å². The largest absolute Gasteiger partial charge is 3.00 e. The van der Waals surface area contributed by atoms with Gasteiger partial charge in [-0.05, 0) is 12.3 Å². The summed E-state index contributed by atoms with van der Waals surface area (Å²) in [6.45, 7) is 0. The van der Waals surface area contributed by atoms with E-state index < -0.39 is 12.3 Å². The van der Waals surface area contributed by atoms with Crippen molar-refractivity contribution in [1.29, 1.82) is 0 Å². The molecule has 0 aliphatic rings. The average molecular weight is 328 g/mol. The van der Waals surface area contributed by atoms with Crippen LogP contribution < -0.4 is 71.8 Å². The van der Waals surface area contributed by atoms with Gasteiger partial charge in [-0.1, -0.05) is 0 Å². The Hall–Kier alpha value is 1.41. The summed E-state index contributed by atoms with van der Waals surface area (Å²) in [5, 5.41) is 33.3. The van der Waals surface area contributed by atoms with E-state index >= 15 is 0 Å². The molecule has 6 nitrogen and oxygen atoms in total. The van der Waals surface area contributed by atoms with Gasteiger partial charge in [-0.3, -0.25) is 0 Å². The number of carboxylic acid groups (broad SMARTS) is 4. The molecular weight excluding hydrogens is 328 g/mol. The second kappa shape index (κ2) is 16.8. The molecule has 10 heavy (non-hydrogen) atoms. The van der Waals surface area contributed by atoms with Crippen molar-refractivity contribution >= 4 is 12.3 Å². The van der Waals surface area contributed by atoms with Crippen LogP contribution in [-0.2, 0) is 0 Å². The zero-order chi connectivity index (χ0) is 7.15. The molecule has 0 atom stereocenters. The molecular formula is C2KO6Tm. The van der Waals surface area contributed by atoms with Crippen LogP contribution in [0.4, 0.5) is 9.59 Å². The second-order valence-electron chi connectivity index (χ2n) is 0.500. The van der Waals surface area contributed by atoms with Crippen molar-refractivity contribution in [3.8, 4) is 0 Å². The molecule has 0 aromatic heterocycles. The molecule has 0 saturated heterocycles. The monoisotopic (exact) mass is 328 g/mol. The fourth-order valence-electron chi connectivity index (χ4n) is 0. The third kappa shape index (κ3) is 335. The average Bonchev–Trinajstić information content (AvgIpc) is 1.25. The molecule has 58 valence electrons. The third-order valence-electron chi connectivity index (χ3n) is 0. The van der Waals surface area contributed by atoms with Crippen molar-refractivity contribution < 1.29 is 118 Å². The van der Waals surface area contributed by atoms with Crippen LogP contribution in [0, 0.1) is 36.9 Å². The first-order valence-electron chi connectivity index (χ1n) is 1.22. The fraction of sp³-hybridized carbons (Fsp3) is 0. The molecule has 0 N–H and O–H groups in total. The first-order chi connectivity index (χ1) is 3.46. The van der Waals surface area contributed by atoms with Crippen LogP contribution in [0.25, 0.3) is 0 Å². The standard InChI is InChI=1S/2CH2O3.K.Tm/c2*2-1(3)4;;/h2*(H2,2,3,4);;/q;;+1;+3/p-4. The van der Waals surface area contributed by atoms with Gasteiger partial charge in [-0.25, -0.2) is 0 Å². The number of rotatable bonds is 0. The molecule has 0 radical (unpaired) electrons. The van der Waals surface area contributed by atoms with Crippen LogP contribution in [-0.4, -0.2) is 12.3 Å². The smallest absolute Gasteiger partial charge is 0.652 e. The van der Waals surface area contributed by atoms with E-state index in [9.17, 15) is 0 Å². The van der Waals surface area contributed by atoms with E-state index in [-0.39, 0.29) is 88.3 Å². The van der Waals surface area contributed by atoms with Gasteiger partial charge in [0.2, 0.25) is 0 Å². The minimum absolute atomic E-state index is 0. The first kappa shape index (κ1) is 22.5. The summed E-state index contributed by atoms with van der Waals surface area (Å²) in [6, 6.07) is 0. The summed E-state index contributed by atoms with van der Waals surface area (Å²) >= 11 is 0. The second-order valence-corrected chi connectivity index (χ2v) is 0.500. The van der Waals surface area contributed by atoms with Crippen molar-refractivity contribution in [1.82, 2.24) is 0 Å². The zero-order valence-electron chi connectivity index (χ0n) is 4.73. The van der Waals surface area contributed by atoms with Gasteiger partial charge in [0.15, 0.2) is 0 Å². The molecule has 8 heteroatoms. The molecule has 0 saturated carbocycles. The SMILES string of the molecule is O=C([O-])[O-].O=C([O-])[O-].[K+].[Tm+3]. The summed E-state index contributed by atoms with van der Waals surface area (Å²) in [5.41, 5.74) is 0. The van der Waals surface area contributed by atoms with Gasteiger partial charge in [0.25, 0.3) is 0 Å². The number of carbonyl (C=O) groups excluding carboxylic acids is 2. The summed E-state index contributed by atoms with van der Waals surface area (Å²) in [4.78, 5) is 16.7. The van der Waals surface area contributed by atoms with Crippen LogP contribution >= 0.6 is 0 Å². The van der Waals surface area contributed by atoms with E-state index in [1.54, 1.807) is 0 Å². The van der Waals surface area contributed by atoms with E-state index in [2.05, 4.69) is 0 Å². The fourth-order valence-corrected chi connectivity index (χ4v) is 0. The van der Waals surface area contributed by atoms with E-state index in [1.165, 1.54) is 0 Å². The molecule has 0 heterocycles. The minimum Gasteiger partial charge on any atom is -0.652 e. The number of hydrogen-bond acceptors (Lipinski definition) is 6. The molecule has 0 amide bonds. The Kier molecular flexibility index (Phi) is 37.8. The Morgan fingerprint density at radius 1 is 0.800 bits per heavy atom. The van der Waals surface area contributed by atoms with Gasteiger partial charge in [-0.2, -0.15) is 0 Å². The molecule has 0 aliphatic heterocycles. The normalized spacial score (nSPS) is 4.80. The van der Waals surface area contributed by atoms with Crippen LogP contribution in [0.15, 0.2) is 0 Å². The van der Waals surface area contributed by atoms with Gasteiger partial charge >= 0.3 is 88.3 Å². The Morgan fingerprint density at radius 3 is 0.800 bits per heavy atom. The Morgan fingerprint density at radius 2 is 0.800 bits per heavy atom. The first-order valence-corrected chi connectivity index (χ1v) is 1.22. The molecule has 0 spiro atoms. The van der Waals surface area contributed by atoms with Gasteiger partial charge in [-0.15, -0.1) is 0 Å². The van der Waals surface area contributed by atoms with Crippen LogP contribution in [0.3, 0.4) is 0 Å². The Labute approximate surface area is 128 Å². The van der Waals surface area contributed by atoms with Gasteiger partial charge in [0, 0.05) is 0 Å². The molecule has 0 bridgehead atoms. The molecule has 0 aromatic rings. The van der Waals surface area contributed by atoms with Crippen molar-refractivity contribution in [3.05, 3.63) is 0 Å². The van der Waals surface area contributed by atoms with Crippen molar-refractivity contribution in [2.45, 2.75) is 0 Å². The molecule has 0 fully saturated rings. The number of hydrogen-bond donors (Lipinski definition) is 0. The van der Waals surface area contributed by atoms with E-state index in [0.717, 1.165) is 0 Å². The third-order valence-corrected chi connectivity index (χ3v) is 0. The summed E-state index contributed by atoms with van der Waals surface area (Å²) in [7, 11) is 0. The van der Waals surface area contributed by atoms with Crippen LogP contribution in [0.1, 0.15) is 0 Å². The van der Waals surface area contributed by atoms with E-state index in [0.29, 0.717) is 0 Å². The summed E-state index contributed by atoms with van der Waals surface area (Å²) in [6.07, 6.45) is -4.67. The quantitative estimate of drug-likeness (QED) is 0.407. The maximum Gasteiger partial charge on any atom is 3.00 e. The van der Waals surface area contributed by atoms with Gasteiger partial charge < -0.3 is 30.0 Å². The summed E-state index contributed by atoms with van der Waals surface area (Å²) in [5.74, 6) is 0. The van der Waals surface area contributed by atoms with E-state index in [1.807, 2.05) is 0 Å². The van der Waals surface area contributed by atoms with Crippen molar-refractivity contribution in [2.75, 3.05) is 0 Å². The van der Waals surface area contributed by atoms with Crippen molar-refractivity contribution in [3.63, 3.8) is 0 Å². The Balaban J connectivity index is -0.0000000300. The van der Waals surface area contributed by atoms with E-state index in [4.69, 9.17) is 30.0 Å². The van der Waals surface area contributed by atoms with Crippen molar-refractivity contribution in [2.24, 2.45) is 0 Å². The molecule has 0 unspecified atom stereocenters. The maximum atomic E-state index is 8.33. The Bertz CT molecular complexity index is 73.7. The van der Waals surface area contributed by atoms with Gasteiger partial charge in [0.05, 0.1) is 0 Å². The summed E-state index contributed by atoms with van der Waals surface area (Å²) < 4.78 is 0. The zero-order valence-corrected chi connectivity index (χ0v) is 9.63. The molecule has 0 aliphatic carbocycles. The topological polar surface area (TPSA) is 126 Å². The molecule has 0 aromatic carbocycles. The molecule has 0 rings (SSSR count). The van der Waals surface area contributed by atoms with Crippen LogP contribution in [0.5, 0.6) is 0 Å². The van der Waals surface area contributed by atoms with Crippen LogP contribution in [0.2, 0.25) is 0 Å². The minimum atomic E-state index is -2.33. The number of carbonyl (C=O) groups is 2. The predicted octanol–water partition coefficient (Wildman–Crippen LogP) is -7.89.